The van der Waals surface area contributed by atoms with Crippen molar-refractivity contribution < 1.29 is 23.7 Å². The maximum atomic E-state index is 13.0. The Morgan fingerprint density at radius 1 is 1.07 bits per heavy atom. The van der Waals surface area contributed by atoms with E-state index in [2.05, 4.69) is 6.07 Å². The summed E-state index contributed by atoms with van der Waals surface area (Å²) < 4.78 is 23.9. The van der Waals surface area contributed by atoms with E-state index in [-0.39, 0.29) is 22.1 Å². The van der Waals surface area contributed by atoms with Gasteiger partial charge in [-0.3, -0.25) is 0 Å². The van der Waals surface area contributed by atoms with E-state index in [0.717, 1.165) is 22.1 Å². The van der Waals surface area contributed by atoms with Gasteiger partial charge in [0, 0.05) is 26.7 Å². The van der Waals surface area contributed by atoms with Crippen molar-refractivity contribution in [2.45, 2.75) is 26.2 Å². The Morgan fingerprint density at radius 3 is 2.65 bits per heavy atom. The topological polar surface area (TPSA) is 104 Å². The minimum Gasteiger partial charge on any atom is -0.490 e. The molecule has 204 valence electrons. The number of carbonyl (C=O) groups excluding carboxylic acids is 1. The number of benzene rings is 3. The Hall–Kier alpha value is -3.90. The number of nitriles is 1. The molecule has 2 heterocycles. The van der Waals surface area contributed by atoms with Gasteiger partial charge in [-0.15, -0.1) is 11.3 Å². The number of rotatable bonds is 8. The Kier molecular flexibility index (Phi) is 8.08. The average molecular weight is 596 g/mol. The minimum absolute atomic E-state index is 0.0304. The van der Waals surface area contributed by atoms with Crippen LogP contribution < -0.4 is 24.7 Å². The van der Waals surface area contributed by atoms with Crippen LogP contribution in [0.25, 0.3) is 10.1 Å². The Labute approximate surface area is 245 Å². The van der Waals surface area contributed by atoms with Gasteiger partial charge < -0.3 is 24.7 Å². The molecule has 0 spiro atoms. The van der Waals surface area contributed by atoms with E-state index < -0.39 is 11.9 Å². The Balaban J connectivity index is 1.48. The van der Waals surface area contributed by atoms with Gasteiger partial charge in [0.2, 0.25) is 5.88 Å². The quantitative estimate of drug-likeness (QED) is 0.164. The molecule has 0 amide bonds. The van der Waals surface area contributed by atoms with Crippen LogP contribution in [0, 0.1) is 11.3 Å². The molecule has 1 atom stereocenters. The van der Waals surface area contributed by atoms with Gasteiger partial charge in [0.25, 0.3) is 0 Å². The fraction of sp³-hybridized carbons (Fsp3) is 0.200. The molecule has 10 heteroatoms. The van der Waals surface area contributed by atoms with Crippen LogP contribution in [0.3, 0.4) is 0 Å². The monoisotopic (exact) mass is 594 g/mol. The maximum Gasteiger partial charge on any atom is 0.355 e. The standard InChI is InChI=1S/C30H24Cl2N2O5S/c1-3-11-37-22-10-5-16(12-24(22)36-4-2)26-19-9-7-18(14-23(19)39-29(34)21(26)15-33)38-30(35)28-27(32)20-8-6-17(31)13-25(20)40-28/h5-10,12-14,26H,3-4,11,34H2,1-2H3. The molecule has 1 aliphatic rings. The lowest BCUT2D eigenvalue weighted by atomic mass is 9.83. The SMILES string of the molecule is CCCOc1ccc(C2C(C#N)=C(N)Oc3cc(OC(=O)c4sc5cc(Cl)ccc5c4Cl)ccc32)cc1OCC. The lowest BCUT2D eigenvalue weighted by Crippen LogP contribution is -2.21. The van der Waals surface area contributed by atoms with E-state index in [4.69, 9.17) is 47.9 Å². The van der Waals surface area contributed by atoms with Crippen molar-refractivity contribution in [3.63, 3.8) is 0 Å². The van der Waals surface area contributed by atoms with Crippen molar-refractivity contribution in [2.75, 3.05) is 13.2 Å². The first-order valence-corrected chi connectivity index (χ1v) is 14.1. The molecule has 40 heavy (non-hydrogen) atoms. The first kappa shape index (κ1) is 27.7. The minimum atomic E-state index is -0.611. The van der Waals surface area contributed by atoms with Crippen LogP contribution in [0.1, 0.15) is 47.0 Å². The van der Waals surface area contributed by atoms with Crippen molar-refractivity contribution in [2.24, 2.45) is 5.73 Å². The molecule has 0 radical (unpaired) electrons. The first-order valence-electron chi connectivity index (χ1n) is 12.5. The number of halogens is 2. The molecule has 3 aromatic carbocycles. The number of hydrogen-bond acceptors (Lipinski definition) is 8. The lowest BCUT2D eigenvalue weighted by Gasteiger charge is -2.27. The van der Waals surface area contributed by atoms with Crippen LogP contribution in [0.15, 0.2) is 66.1 Å². The van der Waals surface area contributed by atoms with Gasteiger partial charge >= 0.3 is 5.97 Å². The summed E-state index contributed by atoms with van der Waals surface area (Å²) in [5.74, 6) is 0.631. The highest BCUT2D eigenvalue weighted by Crippen LogP contribution is 2.45. The van der Waals surface area contributed by atoms with Crippen molar-refractivity contribution in [1.29, 1.82) is 5.26 Å². The highest BCUT2D eigenvalue weighted by atomic mass is 35.5. The van der Waals surface area contributed by atoms with Crippen molar-refractivity contribution in [3.05, 3.63) is 92.1 Å². The van der Waals surface area contributed by atoms with Crippen LogP contribution >= 0.6 is 34.5 Å². The zero-order valence-electron chi connectivity index (χ0n) is 21.6. The number of carbonyl (C=O) groups is 1. The number of ether oxygens (including phenoxy) is 4. The predicted octanol–water partition coefficient (Wildman–Crippen LogP) is 7.83. The number of thiophene rings is 1. The third kappa shape index (κ3) is 5.28. The molecule has 1 aliphatic heterocycles. The number of hydrogen-bond donors (Lipinski definition) is 1. The summed E-state index contributed by atoms with van der Waals surface area (Å²) in [6, 6.07) is 17.9. The van der Waals surface area contributed by atoms with Gasteiger partial charge in [-0.2, -0.15) is 5.26 Å². The highest BCUT2D eigenvalue weighted by molar-refractivity contribution is 7.21. The fourth-order valence-electron chi connectivity index (χ4n) is 4.47. The van der Waals surface area contributed by atoms with Crippen LogP contribution in [0.5, 0.6) is 23.0 Å². The Morgan fingerprint density at radius 2 is 1.90 bits per heavy atom. The normalized spacial score (nSPS) is 14.3. The molecule has 0 saturated heterocycles. The number of nitrogens with two attached hydrogens (primary N) is 1. The van der Waals surface area contributed by atoms with Crippen LogP contribution in [-0.2, 0) is 0 Å². The number of esters is 1. The van der Waals surface area contributed by atoms with E-state index in [1.807, 2.05) is 32.0 Å². The third-order valence-corrected chi connectivity index (χ3v) is 8.11. The van der Waals surface area contributed by atoms with Crippen LogP contribution in [0.4, 0.5) is 0 Å². The molecule has 0 saturated carbocycles. The molecule has 0 aliphatic carbocycles. The molecule has 0 bridgehead atoms. The van der Waals surface area contributed by atoms with Gasteiger partial charge in [0.05, 0.1) is 24.2 Å². The largest absolute Gasteiger partial charge is 0.490 e. The van der Waals surface area contributed by atoms with Gasteiger partial charge in [-0.1, -0.05) is 48.3 Å². The maximum absolute atomic E-state index is 13.0. The van der Waals surface area contributed by atoms with Gasteiger partial charge in [0.15, 0.2) is 11.5 Å². The molecule has 4 aromatic rings. The third-order valence-electron chi connectivity index (χ3n) is 6.24. The summed E-state index contributed by atoms with van der Waals surface area (Å²) in [7, 11) is 0. The average Bonchev–Trinajstić information content (AvgIpc) is 3.27. The summed E-state index contributed by atoms with van der Waals surface area (Å²) in [6.45, 7) is 4.92. The van der Waals surface area contributed by atoms with Gasteiger partial charge in [0.1, 0.15) is 28.0 Å². The Bertz CT molecular complexity index is 1690. The molecule has 0 fully saturated rings. The van der Waals surface area contributed by atoms with Crippen LogP contribution in [0.2, 0.25) is 10.0 Å². The van der Waals surface area contributed by atoms with Crippen LogP contribution in [-0.4, -0.2) is 19.2 Å². The van der Waals surface area contributed by atoms with Crippen molar-refractivity contribution in [1.82, 2.24) is 0 Å². The predicted molar refractivity (Wildman–Crippen MR) is 156 cm³/mol. The molecular weight excluding hydrogens is 571 g/mol. The lowest BCUT2D eigenvalue weighted by molar-refractivity contribution is 0.0740. The summed E-state index contributed by atoms with van der Waals surface area (Å²) in [5.41, 5.74) is 7.91. The van der Waals surface area contributed by atoms with E-state index in [9.17, 15) is 10.1 Å². The summed E-state index contributed by atoms with van der Waals surface area (Å²) in [6.07, 6.45) is 0.856. The van der Waals surface area contributed by atoms with E-state index in [1.165, 1.54) is 11.3 Å². The van der Waals surface area contributed by atoms with E-state index in [1.54, 1.807) is 36.4 Å². The van der Waals surface area contributed by atoms with Gasteiger partial charge in [-0.05, 0) is 49.2 Å². The first-order chi connectivity index (χ1) is 19.3. The summed E-state index contributed by atoms with van der Waals surface area (Å²) in [5, 5.41) is 11.5. The fourth-order valence-corrected chi connectivity index (χ4v) is 6.13. The molecule has 5 rings (SSSR count). The van der Waals surface area contributed by atoms with E-state index in [0.29, 0.717) is 46.1 Å². The summed E-state index contributed by atoms with van der Waals surface area (Å²) in [4.78, 5) is 13.3. The second-order valence-electron chi connectivity index (χ2n) is 8.89. The highest BCUT2D eigenvalue weighted by Gasteiger charge is 2.32. The zero-order valence-corrected chi connectivity index (χ0v) is 24.0. The summed E-state index contributed by atoms with van der Waals surface area (Å²) >= 11 is 13.8. The second kappa shape index (κ2) is 11.7. The number of nitrogens with zero attached hydrogens (tertiary/aromatic N) is 1. The van der Waals surface area contributed by atoms with Crippen molar-refractivity contribution in [3.8, 4) is 29.1 Å². The molecule has 1 aromatic heterocycles. The van der Waals surface area contributed by atoms with E-state index >= 15 is 0 Å². The van der Waals surface area contributed by atoms with Gasteiger partial charge in [-0.25, -0.2) is 4.79 Å². The molecule has 7 nitrogen and oxygen atoms in total. The number of allylic oxidation sites excluding steroid dienone is 1. The molecule has 2 N–H and O–H groups in total. The zero-order chi connectivity index (χ0) is 28.4. The second-order valence-corrected chi connectivity index (χ2v) is 10.8. The van der Waals surface area contributed by atoms with Crippen molar-refractivity contribution >= 4 is 50.6 Å². The molecule has 1 unspecified atom stereocenters. The molecular formula is C30H24Cl2N2O5S. The smallest absolute Gasteiger partial charge is 0.355 e. The number of fused-ring (bicyclic) bond motifs is 2.